The van der Waals surface area contributed by atoms with Gasteiger partial charge in [0.1, 0.15) is 0 Å². The molecule has 1 heterocycles. The Morgan fingerprint density at radius 3 is 2.32 bits per heavy atom. The van der Waals surface area contributed by atoms with E-state index in [1.54, 1.807) is 4.90 Å². The second-order valence-corrected chi connectivity index (χ2v) is 5.76. The highest BCUT2D eigenvalue weighted by atomic mass is 16.4. The molecule has 2 rings (SSSR count). The van der Waals surface area contributed by atoms with E-state index in [1.807, 2.05) is 0 Å². The lowest BCUT2D eigenvalue weighted by atomic mass is 9.98. The van der Waals surface area contributed by atoms with Crippen LogP contribution in [0.3, 0.4) is 0 Å². The number of hydrogen-bond acceptors (Lipinski definition) is 2. The largest absolute Gasteiger partial charge is 0.481 e. The molecule has 1 atom stereocenters. The highest BCUT2D eigenvalue weighted by molar-refractivity contribution is 5.76. The lowest BCUT2D eigenvalue weighted by molar-refractivity contribution is -0.143. The van der Waals surface area contributed by atoms with E-state index in [0.29, 0.717) is 19.5 Å². The summed E-state index contributed by atoms with van der Waals surface area (Å²) in [6.45, 7) is 1.04. The zero-order valence-electron chi connectivity index (χ0n) is 11.4. The minimum Gasteiger partial charge on any atom is -0.481 e. The second kappa shape index (κ2) is 6.78. The van der Waals surface area contributed by atoms with Gasteiger partial charge in [-0.25, -0.2) is 4.79 Å². The number of piperidine rings is 1. The van der Waals surface area contributed by atoms with Crippen LogP contribution in [0, 0.1) is 5.92 Å². The summed E-state index contributed by atoms with van der Waals surface area (Å²) in [5.41, 5.74) is 0. The molecular weight excluding hydrogens is 244 g/mol. The van der Waals surface area contributed by atoms with Gasteiger partial charge in [0.15, 0.2) is 0 Å². The van der Waals surface area contributed by atoms with Crippen molar-refractivity contribution in [1.82, 2.24) is 10.2 Å². The number of amides is 2. The molecule has 0 aromatic heterocycles. The van der Waals surface area contributed by atoms with Gasteiger partial charge in [0, 0.05) is 19.1 Å². The first kappa shape index (κ1) is 14.2. The smallest absolute Gasteiger partial charge is 0.317 e. The third kappa shape index (κ3) is 4.11. The van der Waals surface area contributed by atoms with Crippen LogP contribution in [0.1, 0.15) is 51.4 Å². The fraction of sp³-hybridized carbons (Fsp3) is 0.857. The third-order valence-electron chi connectivity index (χ3n) is 4.24. The highest BCUT2D eigenvalue weighted by Crippen LogP contribution is 2.19. The van der Waals surface area contributed by atoms with Crippen LogP contribution in [-0.2, 0) is 4.79 Å². The number of hydrogen-bond donors (Lipinski definition) is 2. The lowest BCUT2D eigenvalue weighted by Gasteiger charge is -2.32. The molecule has 1 unspecified atom stereocenters. The molecule has 2 fully saturated rings. The molecule has 0 bridgehead atoms. The van der Waals surface area contributed by atoms with Crippen LogP contribution in [0.5, 0.6) is 0 Å². The van der Waals surface area contributed by atoms with Gasteiger partial charge >= 0.3 is 12.0 Å². The summed E-state index contributed by atoms with van der Waals surface area (Å²) < 4.78 is 0. The topological polar surface area (TPSA) is 69.6 Å². The van der Waals surface area contributed by atoms with Crippen molar-refractivity contribution in [2.24, 2.45) is 5.92 Å². The Hall–Kier alpha value is -1.26. The summed E-state index contributed by atoms with van der Waals surface area (Å²) in [7, 11) is 0. The molecule has 108 valence electrons. The minimum atomic E-state index is -0.785. The van der Waals surface area contributed by atoms with Crippen LogP contribution in [0.25, 0.3) is 0 Å². The third-order valence-corrected chi connectivity index (χ3v) is 4.24. The molecule has 1 saturated heterocycles. The Morgan fingerprint density at radius 2 is 1.68 bits per heavy atom. The zero-order valence-corrected chi connectivity index (χ0v) is 11.4. The second-order valence-electron chi connectivity index (χ2n) is 5.76. The van der Waals surface area contributed by atoms with Crippen LogP contribution in [-0.4, -0.2) is 41.1 Å². The lowest BCUT2D eigenvalue weighted by Crippen LogP contribution is -2.49. The number of likely N-dealkylation sites (tertiary alicyclic amines) is 1. The predicted octanol–water partition coefficient (Wildman–Crippen LogP) is 2.22. The number of carboxylic acids is 1. The molecule has 2 amide bonds. The van der Waals surface area contributed by atoms with E-state index in [9.17, 15) is 9.59 Å². The Bertz CT molecular complexity index is 325. The Balaban J connectivity index is 1.83. The van der Waals surface area contributed by atoms with Crippen LogP contribution >= 0.6 is 0 Å². The molecule has 5 heteroatoms. The van der Waals surface area contributed by atoms with Crippen molar-refractivity contribution >= 4 is 12.0 Å². The monoisotopic (exact) mass is 268 g/mol. The van der Waals surface area contributed by atoms with Gasteiger partial charge in [-0.2, -0.15) is 0 Å². The molecular formula is C14H24N2O3. The number of carbonyl (C=O) groups is 2. The molecule has 1 saturated carbocycles. The number of rotatable bonds is 2. The first-order valence-corrected chi connectivity index (χ1v) is 7.45. The Kier molecular flexibility index (Phi) is 5.05. The van der Waals surface area contributed by atoms with Crippen molar-refractivity contribution < 1.29 is 14.7 Å². The first-order chi connectivity index (χ1) is 9.16. The van der Waals surface area contributed by atoms with Crippen molar-refractivity contribution in [2.75, 3.05) is 13.1 Å². The predicted molar refractivity (Wildman–Crippen MR) is 72.0 cm³/mol. The summed E-state index contributed by atoms with van der Waals surface area (Å²) in [5, 5.41) is 12.1. The standard InChI is InChI=1S/C14H24N2O3/c17-13(18)11-6-5-9-16(10-11)14(19)15-12-7-3-1-2-4-8-12/h11-12H,1-10H2,(H,15,19)(H,17,18). The van der Waals surface area contributed by atoms with Crippen LogP contribution < -0.4 is 5.32 Å². The van der Waals surface area contributed by atoms with Gasteiger partial charge in [-0.1, -0.05) is 25.7 Å². The number of carbonyl (C=O) groups excluding carboxylic acids is 1. The molecule has 0 radical (unpaired) electrons. The maximum Gasteiger partial charge on any atom is 0.317 e. The van der Waals surface area contributed by atoms with Crippen molar-refractivity contribution in [3.05, 3.63) is 0 Å². The molecule has 2 aliphatic rings. The van der Waals surface area contributed by atoms with Crippen molar-refractivity contribution in [3.63, 3.8) is 0 Å². The molecule has 1 aliphatic heterocycles. The SMILES string of the molecule is O=C(O)C1CCCN(C(=O)NC2CCCCCC2)C1. The van der Waals surface area contributed by atoms with Gasteiger partial charge in [-0.3, -0.25) is 4.79 Å². The van der Waals surface area contributed by atoms with Gasteiger partial charge in [-0.05, 0) is 25.7 Å². The molecule has 5 nitrogen and oxygen atoms in total. The van der Waals surface area contributed by atoms with E-state index in [0.717, 1.165) is 19.3 Å². The highest BCUT2D eigenvalue weighted by Gasteiger charge is 2.29. The number of aliphatic carboxylic acids is 1. The summed E-state index contributed by atoms with van der Waals surface area (Å²) in [5.74, 6) is -1.18. The maximum absolute atomic E-state index is 12.2. The molecule has 0 aromatic carbocycles. The summed E-state index contributed by atoms with van der Waals surface area (Å²) >= 11 is 0. The average molecular weight is 268 g/mol. The van der Waals surface area contributed by atoms with Crippen LogP contribution in [0.4, 0.5) is 4.79 Å². The molecule has 19 heavy (non-hydrogen) atoms. The van der Waals surface area contributed by atoms with Crippen LogP contribution in [0.2, 0.25) is 0 Å². The number of nitrogens with one attached hydrogen (secondary N) is 1. The average Bonchev–Trinajstić information content (AvgIpc) is 2.67. The maximum atomic E-state index is 12.2. The normalized spacial score (nSPS) is 25.7. The molecule has 0 spiro atoms. The van der Waals surface area contributed by atoms with Crippen molar-refractivity contribution in [1.29, 1.82) is 0 Å². The summed E-state index contributed by atoms with van der Waals surface area (Å²) in [4.78, 5) is 24.8. The van der Waals surface area contributed by atoms with Crippen molar-refractivity contribution in [2.45, 2.75) is 57.4 Å². The van der Waals surface area contributed by atoms with Gasteiger partial charge in [-0.15, -0.1) is 0 Å². The quantitative estimate of drug-likeness (QED) is 0.754. The summed E-state index contributed by atoms with van der Waals surface area (Å²) in [6.07, 6.45) is 8.47. The molecule has 2 N–H and O–H groups in total. The number of nitrogens with zero attached hydrogens (tertiary/aromatic N) is 1. The van der Waals surface area contributed by atoms with Gasteiger partial charge in [0.2, 0.25) is 0 Å². The van der Waals surface area contributed by atoms with E-state index in [4.69, 9.17) is 5.11 Å². The fourth-order valence-electron chi connectivity index (χ4n) is 3.05. The van der Waals surface area contributed by atoms with E-state index in [2.05, 4.69) is 5.32 Å². The number of urea groups is 1. The van der Waals surface area contributed by atoms with E-state index < -0.39 is 11.9 Å². The van der Waals surface area contributed by atoms with Crippen molar-refractivity contribution in [3.8, 4) is 0 Å². The Morgan fingerprint density at radius 1 is 1.00 bits per heavy atom. The van der Waals surface area contributed by atoms with E-state index in [-0.39, 0.29) is 12.1 Å². The summed E-state index contributed by atoms with van der Waals surface area (Å²) in [6, 6.07) is 0.207. The number of carboxylic acid groups (broad SMARTS) is 1. The van der Waals surface area contributed by atoms with E-state index in [1.165, 1.54) is 25.7 Å². The zero-order chi connectivity index (χ0) is 13.7. The minimum absolute atomic E-state index is 0.0714. The molecule has 0 aromatic rings. The van der Waals surface area contributed by atoms with E-state index >= 15 is 0 Å². The van der Waals surface area contributed by atoms with Gasteiger partial charge in [0.05, 0.1) is 5.92 Å². The van der Waals surface area contributed by atoms with Gasteiger partial charge in [0.25, 0.3) is 0 Å². The van der Waals surface area contributed by atoms with Crippen LogP contribution in [0.15, 0.2) is 0 Å². The Labute approximate surface area is 114 Å². The van der Waals surface area contributed by atoms with Gasteiger partial charge < -0.3 is 15.3 Å². The molecule has 1 aliphatic carbocycles. The first-order valence-electron chi connectivity index (χ1n) is 7.45. The fourth-order valence-corrected chi connectivity index (χ4v) is 3.05.